The Morgan fingerprint density at radius 3 is 2.47 bits per heavy atom. The van der Waals surface area contributed by atoms with E-state index >= 15 is 0 Å². The molecule has 0 spiro atoms. The Balaban J connectivity index is 0.00000289. The summed E-state index contributed by atoms with van der Waals surface area (Å²) in [6.07, 6.45) is 2.46. The highest BCUT2D eigenvalue weighted by atomic mass is 127. The molecule has 2 N–H and O–H groups in total. The number of aromatic hydroxyl groups is 1. The summed E-state index contributed by atoms with van der Waals surface area (Å²) in [5, 5.41) is 15.8. The Hall–Kier alpha value is -1.52. The lowest BCUT2D eigenvalue weighted by Crippen LogP contribution is -2.52. The fraction of sp³-hybridized carbons (Fsp3) is 0.542. The zero-order valence-electron chi connectivity index (χ0n) is 18.9. The highest BCUT2D eigenvalue weighted by molar-refractivity contribution is 14.0. The van der Waals surface area contributed by atoms with Crippen LogP contribution in [0.3, 0.4) is 0 Å². The van der Waals surface area contributed by atoms with Gasteiger partial charge in [0.25, 0.3) is 0 Å². The molecule has 0 radical (unpaired) electrons. The molecule has 3 heterocycles. The highest BCUT2D eigenvalue weighted by Crippen LogP contribution is 2.27. The van der Waals surface area contributed by atoms with E-state index in [1.165, 1.54) is 30.8 Å². The molecule has 6 nitrogen and oxygen atoms in total. The molecule has 4 rings (SSSR count). The zero-order chi connectivity index (χ0) is 21.5. The number of likely N-dealkylation sites (tertiary alicyclic amines) is 1. The van der Waals surface area contributed by atoms with Gasteiger partial charge in [-0.15, -0.1) is 35.3 Å². The van der Waals surface area contributed by atoms with Crippen molar-refractivity contribution in [2.45, 2.75) is 26.3 Å². The number of hydrogen-bond donors (Lipinski definition) is 2. The van der Waals surface area contributed by atoms with Gasteiger partial charge in [0.2, 0.25) is 0 Å². The molecule has 2 aromatic rings. The van der Waals surface area contributed by atoms with Gasteiger partial charge in [0.15, 0.2) is 5.96 Å². The maximum absolute atomic E-state index is 10.1. The van der Waals surface area contributed by atoms with E-state index in [0.29, 0.717) is 11.7 Å². The van der Waals surface area contributed by atoms with Crippen LogP contribution < -0.4 is 10.2 Å². The van der Waals surface area contributed by atoms with Gasteiger partial charge >= 0.3 is 0 Å². The van der Waals surface area contributed by atoms with Crippen molar-refractivity contribution in [2.24, 2.45) is 10.9 Å². The molecule has 1 aromatic heterocycles. The van der Waals surface area contributed by atoms with Crippen molar-refractivity contribution < 1.29 is 5.11 Å². The van der Waals surface area contributed by atoms with Crippen molar-refractivity contribution in [1.29, 1.82) is 0 Å². The summed E-state index contributed by atoms with van der Waals surface area (Å²) in [6, 6.07) is 12.0. The van der Waals surface area contributed by atoms with Crippen molar-refractivity contribution in [3.8, 4) is 5.75 Å². The SMILES string of the molecule is CCNC(=NCC1CCN(Cc2cccs2)CC1)N1CCN(c2ccccc2O)CC1.I. The predicted molar refractivity (Wildman–Crippen MR) is 146 cm³/mol. The molecule has 2 aliphatic rings. The number of hydrogen-bond acceptors (Lipinski definition) is 5. The van der Waals surface area contributed by atoms with E-state index in [9.17, 15) is 5.11 Å². The Morgan fingerprint density at radius 2 is 1.81 bits per heavy atom. The number of para-hydroxylation sites is 2. The van der Waals surface area contributed by atoms with E-state index in [4.69, 9.17) is 4.99 Å². The van der Waals surface area contributed by atoms with E-state index in [1.807, 2.05) is 29.5 Å². The van der Waals surface area contributed by atoms with Gasteiger partial charge in [-0.3, -0.25) is 9.89 Å². The minimum absolute atomic E-state index is 0. The highest BCUT2D eigenvalue weighted by Gasteiger charge is 2.23. The number of phenolic OH excluding ortho intramolecular Hbond substituents is 1. The van der Waals surface area contributed by atoms with Crippen LogP contribution >= 0.6 is 35.3 Å². The molecule has 0 aliphatic carbocycles. The first kappa shape index (κ1) is 25.1. The molecule has 0 unspecified atom stereocenters. The van der Waals surface area contributed by atoms with E-state index in [-0.39, 0.29) is 24.0 Å². The second-order valence-electron chi connectivity index (χ2n) is 8.46. The molecule has 0 bridgehead atoms. The van der Waals surface area contributed by atoms with Crippen LogP contribution in [0.4, 0.5) is 5.69 Å². The zero-order valence-corrected chi connectivity index (χ0v) is 22.1. The fourth-order valence-electron chi connectivity index (χ4n) is 4.48. The summed E-state index contributed by atoms with van der Waals surface area (Å²) in [4.78, 5) is 13.7. The number of benzene rings is 1. The number of halogens is 1. The Morgan fingerprint density at radius 1 is 1.06 bits per heavy atom. The molecular weight excluding hydrogens is 533 g/mol. The van der Waals surface area contributed by atoms with Crippen LogP contribution in [0.2, 0.25) is 0 Å². The topological polar surface area (TPSA) is 54.3 Å². The standard InChI is InChI=1S/C24H35N5OS.HI/c1-2-25-24(29-15-13-28(14-16-29)22-7-3-4-8-23(22)30)26-18-20-9-11-27(12-10-20)19-21-6-5-17-31-21;/h3-8,17,20,30H,2,9-16,18-19H2,1H3,(H,25,26);1H. The molecule has 176 valence electrons. The number of piperazine rings is 1. The van der Waals surface area contributed by atoms with Gasteiger partial charge in [0, 0.05) is 50.7 Å². The van der Waals surface area contributed by atoms with Crippen LogP contribution in [0, 0.1) is 5.92 Å². The van der Waals surface area contributed by atoms with Gasteiger partial charge in [-0.2, -0.15) is 0 Å². The van der Waals surface area contributed by atoms with E-state index in [1.54, 1.807) is 6.07 Å². The number of guanidine groups is 1. The minimum Gasteiger partial charge on any atom is -0.506 e. The van der Waals surface area contributed by atoms with Crippen molar-refractivity contribution >= 4 is 47.0 Å². The van der Waals surface area contributed by atoms with Gasteiger partial charge in [-0.1, -0.05) is 18.2 Å². The molecule has 0 atom stereocenters. The lowest BCUT2D eigenvalue weighted by Gasteiger charge is -2.38. The largest absolute Gasteiger partial charge is 0.506 e. The van der Waals surface area contributed by atoms with Crippen molar-refractivity contribution in [3.05, 3.63) is 46.7 Å². The van der Waals surface area contributed by atoms with Gasteiger partial charge in [-0.25, -0.2) is 0 Å². The minimum atomic E-state index is 0. The third-order valence-corrected chi connectivity index (χ3v) is 7.16. The summed E-state index contributed by atoms with van der Waals surface area (Å²) in [5.74, 6) is 2.08. The van der Waals surface area contributed by atoms with E-state index in [0.717, 1.165) is 57.5 Å². The van der Waals surface area contributed by atoms with Crippen LogP contribution in [-0.2, 0) is 6.54 Å². The quantitative estimate of drug-likeness (QED) is 0.312. The molecule has 0 saturated carbocycles. The second-order valence-corrected chi connectivity index (χ2v) is 9.49. The monoisotopic (exact) mass is 569 g/mol. The first-order chi connectivity index (χ1) is 15.2. The second kappa shape index (κ2) is 12.6. The molecule has 2 saturated heterocycles. The van der Waals surface area contributed by atoms with Gasteiger partial charge in [0.1, 0.15) is 5.75 Å². The lowest BCUT2D eigenvalue weighted by atomic mass is 9.97. The van der Waals surface area contributed by atoms with E-state index in [2.05, 4.69) is 44.5 Å². The summed E-state index contributed by atoms with van der Waals surface area (Å²) < 4.78 is 0. The van der Waals surface area contributed by atoms with Crippen molar-refractivity contribution in [1.82, 2.24) is 15.1 Å². The third-order valence-electron chi connectivity index (χ3n) is 6.30. The number of nitrogens with zero attached hydrogens (tertiary/aromatic N) is 4. The van der Waals surface area contributed by atoms with Crippen molar-refractivity contribution in [2.75, 3.05) is 57.3 Å². The van der Waals surface area contributed by atoms with Crippen LogP contribution in [0.25, 0.3) is 0 Å². The summed E-state index contributed by atoms with van der Waals surface area (Å²) >= 11 is 1.86. The summed E-state index contributed by atoms with van der Waals surface area (Å²) in [5.41, 5.74) is 0.929. The smallest absolute Gasteiger partial charge is 0.194 e. The third kappa shape index (κ3) is 6.74. The number of nitrogens with one attached hydrogen (secondary N) is 1. The van der Waals surface area contributed by atoms with Crippen LogP contribution in [0.15, 0.2) is 46.8 Å². The molecule has 2 aliphatic heterocycles. The average molecular weight is 570 g/mol. The number of rotatable bonds is 6. The Kier molecular flexibility index (Phi) is 9.92. The number of anilines is 1. The molecular formula is C24H36IN5OS. The first-order valence-corrected chi connectivity index (χ1v) is 12.4. The normalized spacial score (nSPS) is 18.5. The fourth-order valence-corrected chi connectivity index (χ4v) is 5.23. The number of aliphatic imine (C=N–C) groups is 1. The summed E-state index contributed by atoms with van der Waals surface area (Å²) in [7, 11) is 0. The molecule has 2 fully saturated rings. The lowest BCUT2D eigenvalue weighted by molar-refractivity contribution is 0.181. The maximum Gasteiger partial charge on any atom is 0.194 e. The predicted octanol–water partition coefficient (Wildman–Crippen LogP) is 4.07. The molecule has 32 heavy (non-hydrogen) atoms. The molecule has 1 aromatic carbocycles. The van der Waals surface area contributed by atoms with Crippen molar-refractivity contribution in [3.63, 3.8) is 0 Å². The van der Waals surface area contributed by atoms with E-state index < -0.39 is 0 Å². The van der Waals surface area contributed by atoms with Gasteiger partial charge in [-0.05, 0) is 62.4 Å². The van der Waals surface area contributed by atoms with Gasteiger partial charge < -0.3 is 20.2 Å². The molecule has 0 amide bonds. The Bertz CT molecular complexity index is 831. The van der Waals surface area contributed by atoms with Gasteiger partial charge in [0.05, 0.1) is 5.69 Å². The maximum atomic E-state index is 10.1. The average Bonchev–Trinajstić information content (AvgIpc) is 3.31. The van der Waals surface area contributed by atoms with Crippen LogP contribution in [-0.4, -0.2) is 73.2 Å². The summed E-state index contributed by atoms with van der Waals surface area (Å²) in [6.45, 7) is 11.0. The number of phenols is 1. The number of thiophene rings is 1. The van der Waals surface area contributed by atoms with Crippen LogP contribution in [0.1, 0.15) is 24.6 Å². The first-order valence-electron chi connectivity index (χ1n) is 11.5. The number of piperidine rings is 1. The Labute approximate surface area is 213 Å². The van der Waals surface area contributed by atoms with Crippen LogP contribution in [0.5, 0.6) is 5.75 Å². The molecule has 8 heteroatoms.